The minimum atomic E-state index is -0.421. The highest BCUT2D eigenvalue weighted by atomic mass is 32.1. The molecule has 9 heteroatoms. The van der Waals surface area contributed by atoms with E-state index in [9.17, 15) is 10.1 Å². The lowest BCUT2D eigenvalue weighted by atomic mass is 10.0. The summed E-state index contributed by atoms with van der Waals surface area (Å²) in [5.41, 5.74) is 2.32. The van der Waals surface area contributed by atoms with Gasteiger partial charge in [0.25, 0.3) is 5.69 Å². The highest BCUT2D eigenvalue weighted by Crippen LogP contribution is 2.43. The lowest BCUT2D eigenvalue weighted by Gasteiger charge is -2.26. The van der Waals surface area contributed by atoms with E-state index in [0.717, 1.165) is 17.1 Å². The smallest absolute Gasteiger partial charge is 0.270 e. The van der Waals surface area contributed by atoms with Gasteiger partial charge < -0.3 is 19.4 Å². The summed E-state index contributed by atoms with van der Waals surface area (Å²) in [6, 6.07) is 22.8. The molecule has 2 atom stereocenters. The molecule has 0 bridgehead atoms. The van der Waals surface area contributed by atoms with Gasteiger partial charge in [-0.2, -0.15) is 0 Å². The number of nitro groups is 1. The number of thiocarbonyl (C=S) groups is 1. The maximum atomic E-state index is 11.2. The minimum absolute atomic E-state index is 0.00498. The topological polar surface area (TPSA) is 93.7 Å². The van der Waals surface area contributed by atoms with Gasteiger partial charge in [-0.15, -0.1) is 0 Å². The Kier molecular flexibility index (Phi) is 5.69. The fraction of sp³-hybridized carbons (Fsp3) is 0.120. The number of anilines is 1. The lowest BCUT2D eigenvalue weighted by Crippen LogP contribution is -2.29. The van der Waals surface area contributed by atoms with E-state index in [4.69, 9.17) is 21.4 Å². The Morgan fingerprint density at radius 2 is 1.91 bits per heavy atom. The summed E-state index contributed by atoms with van der Waals surface area (Å²) in [4.78, 5) is 17.3. The summed E-state index contributed by atoms with van der Waals surface area (Å²) >= 11 is 5.72. The van der Waals surface area contributed by atoms with Crippen molar-refractivity contribution < 1.29 is 14.1 Å². The molecule has 1 aliphatic heterocycles. The number of furan rings is 1. The average Bonchev–Trinajstić information content (AvgIpc) is 3.49. The number of rotatable bonds is 6. The number of hydrogen-bond donors (Lipinski definition) is 1. The molecule has 4 aromatic rings. The third kappa shape index (κ3) is 3.97. The molecule has 0 spiro atoms. The third-order valence-electron chi connectivity index (χ3n) is 5.71. The summed E-state index contributed by atoms with van der Waals surface area (Å²) in [7, 11) is 1.62. The van der Waals surface area contributed by atoms with E-state index in [1.807, 2.05) is 59.5 Å². The first kappa shape index (κ1) is 21.6. The molecule has 2 aromatic carbocycles. The third-order valence-corrected chi connectivity index (χ3v) is 6.02. The van der Waals surface area contributed by atoms with Gasteiger partial charge in [0.1, 0.15) is 23.3 Å². The molecule has 0 unspecified atom stereocenters. The molecule has 0 saturated carbocycles. The van der Waals surface area contributed by atoms with Gasteiger partial charge in [0.2, 0.25) is 0 Å². The van der Waals surface area contributed by atoms with Crippen molar-refractivity contribution in [3.63, 3.8) is 0 Å². The second kappa shape index (κ2) is 8.95. The van der Waals surface area contributed by atoms with E-state index < -0.39 is 4.92 Å². The van der Waals surface area contributed by atoms with E-state index >= 15 is 0 Å². The maximum Gasteiger partial charge on any atom is 0.270 e. The molecule has 8 nitrogen and oxygen atoms in total. The van der Waals surface area contributed by atoms with Gasteiger partial charge in [-0.25, -0.2) is 0 Å². The summed E-state index contributed by atoms with van der Waals surface area (Å²) in [5.74, 6) is 1.93. The Labute approximate surface area is 201 Å². The molecular formula is C25H20N4O4S. The normalized spacial score (nSPS) is 17.4. The van der Waals surface area contributed by atoms with Crippen LogP contribution < -0.4 is 15.0 Å². The van der Waals surface area contributed by atoms with Crippen molar-refractivity contribution in [2.75, 3.05) is 12.0 Å². The highest BCUT2D eigenvalue weighted by Gasteiger charge is 2.42. The van der Waals surface area contributed by atoms with Gasteiger partial charge in [0.15, 0.2) is 5.11 Å². The number of ether oxygens (including phenoxy) is 1. The van der Waals surface area contributed by atoms with E-state index in [0.29, 0.717) is 22.2 Å². The molecule has 3 heterocycles. The Balaban J connectivity index is 1.58. The SMILES string of the molecule is COc1ccc(N2C(=S)N[C@H](c3ccccn3)[C@H]2c2ccc(-c3cccc([N+](=O)[O-])c3)o2)cc1. The second-order valence-electron chi connectivity index (χ2n) is 7.70. The highest BCUT2D eigenvalue weighted by molar-refractivity contribution is 7.80. The largest absolute Gasteiger partial charge is 0.497 e. The first-order valence-corrected chi connectivity index (χ1v) is 11.0. The van der Waals surface area contributed by atoms with Crippen LogP contribution in [0.1, 0.15) is 23.5 Å². The van der Waals surface area contributed by atoms with Crippen LogP contribution in [-0.2, 0) is 0 Å². The summed E-state index contributed by atoms with van der Waals surface area (Å²) < 4.78 is 11.6. The molecule has 0 radical (unpaired) electrons. The van der Waals surface area contributed by atoms with Gasteiger partial charge in [0, 0.05) is 29.6 Å². The Bertz CT molecular complexity index is 1340. The number of nitrogens with one attached hydrogen (secondary N) is 1. The zero-order chi connectivity index (χ0) is 23.7. The van der Waals surface area contributed by atoms with Crippen LogP contribution in [0, 0.1) is 10.1 Å². The van der Waals surface area contributed by atoms with Crippen LogP contribution in [0.15, 0.2) is 89.5 Å². The van der Waals surface area contributed by atoms with Crippen molar-refractivity contribution in [1.82, 2.24) is 10.3 Å². The van der Waals surface area contributed by atoms with Gasteiger partial charge >= 0.3 is 0 Å². The van der Waals surface area contributed by atoms with Crippen molar-refractivity contribution in [3.8, 4) is 17.1 Å². The van der Waals surface area contributed by atoms with Crippen LogP contribution in [0.5, 0.6) is 5.75 Å². The zero-order valence-electron chi connectivity index (χ0n) is 18.1. The maximum absolute atomic E-state index is 11.2. The minimum Gasteiger partial charge on any atom is -0.497 e. The van der Waals surface area contributed by atoms with Crippen molar-refractivity contribution in [1.29, 1.82) is 0 Å². The molecule has 0 amide bonds. The second-order valence-corrected chi connectivity index (χ2v) is 8.09. The predicted molar refractivity (Wildman–Crippen MR) is 132 cm³/mol. The van der Waals surface area contributed by atoms with Crippen LogP contribution in [-0.4, -0.2) is 22.1 Å². The number of benzene rings is 2. The van der Waals surface area contributed by atoms with Crippen LogP contribution in [0.3, 0.4) is 0 Å². The van der Waals surface area contributed by atoms with Crippen LogP contribution >= 0.6 is 12.2 Å². The summed E-state index contributed by atoms with van der Waals surface area (Å²) in [5, 5.41) is 15.1. The Morgan fingerprint density at radius 3 is 2.62 bits per heavy atom. The quantitative estimate of drug-likeness (QED) is 0.225. The average molecular weight is 473 g/mol. The fourth-order valence-electron chi connectivity index (χ4n) is 4.10. The van der Waals surface area contributed by atoms with Gasteiger partial charge in [0.05, 0.1) is 23.8 Å². The number of nitrogens with zero attached hydrogens (tertiary/aromatic N) is 3. The van der Waals surface area contributed by atoms with Crippen LogP contribution in [0.4, 0.5) is 11.4 Å². The van der Waals surface area contributed by atoms with Crippen LogP contribution in [0.2, 0.25) is 0 Å². The van der Waals surface area contributed by atoms with E-state index in [2.05, 4.69) is 10.3 Å². The standard InChI is InChI=1S/C25H20N4O4S/c1-32-19-10-8-17(9-11-19)28-24(23(27-25(28)34)20-7-2-3-14-26-20)22-13-12-21(33-22)16-5-4-6-18(15-16)29(30)31/h2-15,23-24H,1H3,(H,27,34)/t23-,24-/m1/s1. The summed E-state index contributed by atoms with van der Waals surface area (Å²) in [6.07, 6.45) is 1.74. The molecular weight excluding hydrogens is 452 g/mol. The monoisotopic (exact) mass is 472 g/mol. The molecule has 1 N–H and O–H groups in total. The van der Waals surface area contributed by atoms with Crippen molar-refractivity contribution in [2.45, 2.75) is 12.1 Å². The fourth-order valence-corrected chi connectivity index (χ4v) is 4.45. The van der Waals surface area contributed by atoms with Gasteiger partial charge in [-0.05, 0) is 60.7 Å². The first-order valence-electron chi connectivity index (χ1n) is 10.5. The molecule has 170 valence electrons. The van der Waals surface area contributed by atoms with Crippen LogP contribution in [0.25, 0.3) is 11.3 Å². The number of non-ortho nitro benzene ring substituents is 1. The first-order chi connectivity index (χ1) is 16.5. The molecule has 1 aliphatic rings. The van der Waals surface area contributed by atoms with Gasteiger partial charge in [-0.1, -0.05) is 18.2 Å². The van der Waals surface area contributed by atoms with Gasteiger partial charge in [-0.3, -0.25) is 15.1 Å². The number of aromatic nitrogens is 1. The molecule has 1 fully saturated rings. The molecule has 2 aromatic heterocycles. The van der Waals surface area contributed by atoms with E-state index in [-0.39, 0.29) is 17.8 Å². The Hall–Kier alpha value is -4.24. The Morgan fingerprint density at radius 1 is 1.09 bits per heavy atom. The number of hydrogen-bond acceptors (Lipinski definition) is 6. The van der Waals surface area contributed by atoms with Crippen molar-refractivity contribution in [2.24, 2.45) is 0 Å². The molecule has 0 aliphatic carbocycles. The molecule has 5 rings (SSSR count). The van der Waals surface area contributed by atoms with Crippen molar-refractivity contribution >= 4 is 28.7 Å². The molecule has 1 saturated heterocycles. The van der Waals surface area contributed by atoms with E-state index in [1.54, 1.807) is 25.4 Å². The predicted octanol–water partition coefficient (Wildman–Crippen LogP) is 5.44. The zero-order valence-corrected chi connectivity index (χ0v) is 18.9. The number of nitro benzene ring substituents is 1. The lowest BCUT2D eigenvalue weighted by molar-refractivity contribution is -0.384. The number of methoxy groups -OCH3 is 1. The molecule has 34 heavy (non-hydrogen) atoms. The van der Waals surface area contributed by atoms with E-state index in [1.165, 1.54) is 12.1 Å². The number of pyridine rings is 1. The van der Waals surface area contributed by atoms with Crippen molar-refractivity contribution in [3.05, 3.63) is 107 Å². The summed E-state index contributed by atoms with van der Waals surface area (Å²) in [6.45, 7) is 0.